The van der Waals surface area contributed by atoms with E-state index in [0.29, 0.717) is 5.56 Å². The molecule has 2 unspecified atom stereocenters. The van der Waals surface area contributed by atoms with E-state index in [9.17, 15) is 14.7 Å². The topological polar surface area (TPSA) is 66.4 Å². The molecule has 0 radical (unpaired) electrons. The highest BCUT2D eigenvalue weighted by molar-refractivity contribution is 5.89. The van der Waals surface area contributed by atoms with E-state index in [-0.39, 0.29) is 23.8 Å². The maximum Gasteiger partial charge on any atom is 0.314 e. The third-order valence-electron chi connectivity index (χ3n) is 4.25. The Hall–Kier alpha value is -1.84. The molecular weight excluding hydrogens is 254 g/mol. The van der Waals surface area contributed by atoms with Crippen LogP contribution in [-0.4, -0.2) is 23.0 Å². The van der Waals surface area contributed by atoms with Gasteiger partial charge in [-0.2, -0.15) is 0 Å². The monoisotopic (exact) mass is 275 g/mol. The molecule has 0 aromatic heterocycles. The Balaban J connectivity index is 2.10. The molecular formula is C16H21NO3. The van der Waals surface area contributed by atoms with Gasteiger partial charge in [0.2, 0.25) is 5.91 Å². The van der Waals surface area contributed by atoms with Crippen LogP contribution in [0.2, 0.25) is 0 Å². The molecule has 1 aliphatic rings. The normalized spacial score (nSPS) is 22.6. The highest BCUT2D eigenvalue weighted by atomic mass is 16.4. The van der Waals surface area contributed by atoms with Crippen LogP contribution in [0, 0.1) is 5.41 Å². The summed E-state index contributed by atoms with van der Waals surface area (Å²) in [5.74, 6) is -1.18. The van der Waals surface area contributed by atoms with Crippen LogP contribution in [0.1, 0.15) is 39.2 Å². The molecule has 1 amide bonds. The molecule has 0 saturated heterocycles. The zero-order valence-corrected chi connectivity index (χ0v) is 12.1. The Morgan fingerprint density at radius 1 is 1.35 bits per heavy atom. The minimum Gasteiger partial charge on any atom is -0.481 e. The zero-order chi connectivity index (χ0) is 15.0. The van der Waals surface area contributed by atoms with Crippen LogP contribution in [0.3, 0.4) is 0 Å². The van der Waals surface area contributed by atoms with Crippen LogP contribution in [-0.2, 0) is 15.0 Å². The zero-order valence-electron chi connectivity index (χ0n) is 12.1. The summed E-state index contributed by atoms with van der Waals surface area (Å²) in [5, 5.41) is 12.4. The van der Waals surface area contributed by atoms with Crippen molar-refractivity contribution in [3.63, 3.8) is 0 Å². The highest BCUT2D eigenvalue weighted by Crippen LogP contribution is 2.44. The molecule has 0 spiro atoms. The van der Waals surface area contributed by atoms with Crippen LogP contribution >= 0.6 is 0 Å². The lowest BCUT2D eigenvalue weighted by atomic mass is 9.79. The lowest BCUT2D eigenvalue weighted by Gasteiger charge is -2.25. The van der Waals surface area contributed by atoms with Crippen LogP contribution in [0.25, 0.3) is 0 Å². The van der Waals surface area contributed by atoms with Gasteiger partial charge in [0.15, 0.2) is 0 Å². The standard InChI is InChI=1S/C16H21NO3/c1-15(2)9-12(15)17-13(18)10-16(3,14(19)20)11-7-5-4-6-8-11/h4-8,12H,9-10H2,1-3H3,(H,17,18)(H,19,20). The van der Waals surface area contributed by atoms with Gasteiger partial charge in [0.25, 0.3) is 0 Å². The third kappa shape index (κ3) is 2.84. The number of carbonyl (C=O) groups excluding carboxylic acids is 1. The van der Waals surface area contributed by atoms with E-state index < -0.39 is 11.4 Å². The molecule has 2 N–H and O–H groups in total. The highest BCUT2D eigenvalue weighted by Gasteiger charge is 2.47. The predicted molar refractivity (Wildman–Crippen MR) is 76.4 cm³/mol. The van der Waals surface area contributed by atoms with Gasteiger partial charge >= 0.3 is 5.97 Å². The summed E-state index contributed by atoms with van der Waals surface area (Å²) < 4.78 is 0. The number of amides is 1. The van der Waals surface area contributed by atoms with Crippen LogP contribution < -0.4 is 5.32 Å². The van der Waals surface area contributed by atoms with E-state index in [1.807, 2.05) is 6.07 Å². The fourth-order valence-corrected chi connectivity index (χ4v) is 2.39. The first kappa shape index (κ1) is 14.6. The molecule has 1 fully saturated rings. The van der Waals surface area contributed by atoms with E-state index in [4.69, 9.17) is 0 Å². The SMILES string of the molecule is CC(CC(=O)NC1CC1(C)C)(C(=O)O)c1ccccc1. The molecule has 0 bridgehead atoms. The molecule has 0 heterocycles. The summed E-state index contributed by atoms with van der Waals surface area (Å²) in [6.07, 6.45) is 0.910. The Bertz CT molecular complexity index is 524. The van der Waals surface area contributed by atoms with Gasteiger partial charge < -0.3 is 10.4 Å². The number of hydrogen-bond donors (Lipinski definition) is 2. The number of carboxylic acid groups (broad SMARTS) is 1. The molecule has 108 valence electrons. The first-order chi connectivity index (χ1) is 9.25. The Labute approximate surface area is 119 Å². The Morgan fingerprint density at radius 3 is 2.35 bits per heavy atom. The summed E-state index contributed by atoms with van der Waals surface area (Å²) in [6, 6.07) is 9.09. The molecule has 1 aromatic rings. The van der Waals surface area contributed by atoms with Crippen molar-refractivity contribution in [2.75, 3.05) is 0 Å². The van der Waals surface area contributed by atoms with E-state index in [0.717, 1.165) is 6.42 Å². The van der Waals surface area contributed by atoms with Crippen molar-refractivity contribution in [1.29, 1.82) is 0 Å². The van der Waals surface area contributed by atoms with Gasteiger partial charge in [0.1, 0.15) is 0 Å². The van der Waals surface area contributed by atoms with Crippen molar-refractivity contribution in [3.8, 4) is 0 Å². The summed E-state index contributed by atoms with van der Waals surface area (Å²) in [4.78, 5) is 23.7. The van der Waals surface area contributed by atoms with Gasteiger partial charge in [-0.3, -0.25) is 9.59 Å². The van der Waals surface area contributed by atoms with E-state index in [1.54, 1.807) is 31.2 Å². The first-order valence-electron chi connectivity index (χ1n) is 6.84. The maximum atomic E-state index is 12.1. The summed E-state index contributed by atoms with van der Waals surface area (Å²) in [6.45, 7) is 5.78. The van der Waals surface area contributed by atoms with E-state index >= 15 is 0 Å². The number of carboxylic acids is 1. The molecule has 2 rings (SSSR count). The molecule has 2 atom stereocenters. The Morgan fingerprint density at radius 2 is 1.90 bits per heavy atom. The number of carbonyl (C=O) groups is 2. The minimum absolute atomic E-state index is 0.0427. The fraction of sp³-hybridized carbons (Fsp3) is 0.500. The first-order valence-corrected chi connectivity index (χ1v) is 6.84. The molecule has 4 heteroatoms. The van der Waals surface area contributed by atoms with Gasteiger partial charge in [-0.05, 0) is 24.3 Å². The second-order valence-corrected chi connectivity index (χ2v) is 6.49. The van der Waals surface area contributed by atoms with Gasteiger partial charge in [-0.25, -0.2) is 0 Å². The van der Waals surface area contributed by atoms with Crippen molar-refractivity contribution in [1.82, 2.24) is 5.32 Å². The van der Waals surface area contributed by atoms with Crippen LogP contribution in [0.15, 0.2) is 30.3 Å². The van der Waals surface area contributed by atoms with Gasteiger partial charge in [0, 0.05) is 12.5 Å². The molecule has 0 aliphatic heterocycles. The Kier molecular flexibility index (Phi) is 3.59. The lowest BCUT2D eigenvalue weighted by molar-refractivity contribution is -0.145. The van der Waals surface area contributed by atoms with E-state index in [1.165, 1.54) is 0 Å². The van der Waals surface area contributed by atoms with E-state index in [2.05, 4.69) is 19.2 Å². The predicted octanol–water partition coefficient (Wildman–Crippen LogP) is 2.33. The molecule has 1 aliphatic carbocycles. The van der Waals surface area contributed by atoms with Crippen molar-refractivity contribution in [3.05, 3.63) is 35.9 Å². The number of rotatable bonds is 5. The molecule has 1 aromatic carbocycles. The summed E-state index contributed by atoms with van der Waals surface area (Å²) >= 11 is 0. The maximum absolute atomic E-state index is 12.1. The average molecular weight is 275 g/mol. The quantitative estimate of drug-likeness (QED) is 0.866. The van der Waals surface area contributed by atoms with Gasteiger partial charge in [0.05, 0.1) is 5.41 Å². The smallest absolute Gasteiger partial charge is 0.314 e. The van der Waals surface area contributed by atoms with Crippen molar-refractivity contribution in [2.45, 2.75) is 45.1 Å². The van der Waals surface area contributed by atoms with Gasteiger partial charge in [-0.1, -0.05) is 44.2 Å². The van der Waals surface area contributed by atoms with Crippen molar-refractivity contribution >= 4 is 11.9 Å². The largest absolute Gasteiger partial charge is 0.481 e. The molecule has 4 nitrogen and oxygen atoms in total. The average Bonchev–Trinajstić information content (AvgIpc) is 2.96. The molecule has 1 saturated carbocycles. The summed E-state index contributed by atoms with van der Waals surface area (Å²) in [5.41, 5.74) is -0.399. The van der Waals surface area contributed by atoms with Crippen LogP contribution in [0.4, 0.5) is 0 Å². The van der Waals surface area contributed by atoms with Crippen molar-refractivity contribution < 1.29 is 14.7 Å². The number of benzene rings is 1. The number of nitrogens with one attached hydrogen (secondary N) is 1. The number of hydrogen-bond acceptors (Lipinski definition) is 2. The number of aliphatic carboxylic acids is 1. The second kappa shape index (κ2) is 4.93. The fourth-order valence-electron chi connectivity index (χ4n) is 2.39. The summed E-state index contributed by atoms with van der Waals surface area (Å²) in [7, 11) is 0. The van der Waals surface area contributed by atoms with Crippen LogP contribution in [0.5, 0.6) is 0 Å². The molecule has 20 heavy (non-hydrogen) atoms. The minimum atomic E-state index is -1.19. The van der Waals surface area contributed by atoms with Gasteiger partial charge in [-0.15, -0.1) is 0 Å². The second-order valence-electron chi connectivity index (χ2n) is 6.49. The third-order valence-corrected chi connectivity index (χ3v) is 4.25. The lowest BCUT2D eigenvalue weighted by Crippen LogP contribution is -2.40. The van der Waals surface area contributed by atoms with Crippen molar-refractivity contribution in [2.24, 2.45) is 5.41 Å².